The highest BCUT2D eigenvalue weighted by Gasteiger charge is 2.30. The third-order valence-electron chi connectivity index (χ3n) is 3.87. The summed E-state index contributed by atoms with van der Waals surface area (Å²) in [6, 6.07) is 9.76. The molecule has 3 rings (SSSR count). The van der Waals surface area contributed by atoms with Crippen LogP contribution in [-0.2, 0) is 16.1 Å². The van der Waals surface area contributed by atoms with Crippen LogP contribution in [0.15, 0.2) is 30.3 Å². The molecule has 1 aliphatic carbocycles. The molecule has 1 saturated carbocycles. The number of carbonyl (C=O) groups excluding carboxylic acids is 1. The molecule has 1 saturated heterocycles. The van der Waals surface area contributed by atoms with Gasteiger partial charge in [0.15, 0.2) is 0 Å². The molecule has 1 aliphatic heterocycles. The molecule has 1 aromatic rings. The Bertz CT molecular complexity index is 444. The van der Waals surface area contributed by atoms with E-state index in [4.69, 9.17) is 9.47 Å². The molecule has 0 aromatic heterocycles. The van der Waals surface area contributed by atoms with Gasteiger partial charge < -0.3 is 14.4 Å². The number of nitrogens with zero attached hydrogens (tertiary/aromatic N) is 1. The van der Waals surface area contributed by atoms with Crippen molar-refractivity contribution < 1.29 is 14.3 Å². The summed E-state index contributed by atoms with van der Waals surface area (Å²) in [7, 11) is 0. The van der Waals surface area contributed by atoms with Crippen LogP contribution < -0.4 is 0 Å². The summed E-state index contributed by atoms with van der Waals surface area (Å²) in [5.74, 6) is 0.772. The number of benzene rings is 1. The number of ether oxygens (including phenoxy) is 2. The first-order valence-corrected chi connectivity index (χ1v) is 7.38. The van der Waals surface area contributed by atoms with Gasteiger partial charge >= 0.3 is 6.09 Å². The molecule has 4 heteroatoms. The van der Waals surface area contributed by atoms with Crippen molar-refractivity contribution in [2.75, 3.05) is 19.7 Å². The van der Waals surface area contributed by atoms with Gasteiger partial charge in [0.1, 0.15) is 6.61 Å². The Labute approximate surface area is 119 Å². The molecular weight excluding hydrogens is 254 g/mol. The fourth-order valence-corrected chi connectivity index (χ4v) is 2.40. The number of carbonyl (C=O) groups is 1. The van der Waals surface area contributed by atoms with Gasteiger partial charge in [-0.05, 0) is 30.7 Å². The van der Waals surface area contributed by atoms with Crippen molar-refractivity contribution >= 4 is 6.09 Å². The summed E-state index contributed by atoms with van der Waals surface area (Å²) in [5.41, 5.74) is 1.02. The monoisotopic (exact) mass is 275 g/mol. The molecule has 20 heavy (non-hydrogen) atoms. The van der Waals surface area contributed by atoms with Crippen LogP contribution in [0.2, 0.25) is 0 Å². The molecule has 0 unspecified atom stereocenters. The zero-order chi connectivity index (χ0) is 13.8. The Balaban J connectivity index is 1.39. The number of hydrogen-bond acceptors (Lipinski definition) is 3. The third kappa shape index (κ3) is 3.73. The number of likely N-dealkylation sites (tertiary alicyclic amines) is 1. The highest BCUT2D eigenvalue weighted by atomic mass is 16.6. The zero-order valence-electron chi connectivity index (χ0n) is 11.7. The molecule has 1 heterocycles. The first kappa shape index (κ1) is 13.4. The van der Waals surface area contributed by atoms with E-state index in [1.54, 1.807) is 4.90 Å². The van der Waals surface area contributed by atoms with E-state index in [2.05, 4.69) is 0 Å². The maximum atomic E-state index is 12.0. The number of amides is 1. The van der Waals surface area contributed by atoms with Crippen LogP contribution >= 0.6 is 0 Å². The fraction of sp³-hybridized carbons (Fsp3) is 0.562. The fourth-order valence-electron chi connectivity index (χ4n) is 2.40. The lowest BCUT2D eigenvalue weighted by atomic mass is 10.2. The van der Waals surface area contributed by atoms with Gasteiger partial charge in [-0.15, -0.1) is 0 Å². The van der Waals surface area contributed by atoms with E-state index < -0.39 is 0 Å². The summed E-state index contributed by atoms with van der Waals surface area (Å²) >= 11 is 0. The molecule has 1 atom stereocenters. The minimum absolute atomic E-state index is 0.194. The molecule has 1 amide bonds. The summed E-state index contributed by atoms with van der Waals surface area (Å²) < 4.78 is 11.2. The molecule has 0 radical (unpaired) electrons. The normalized spacial score (nSPS) is 22.0. The SMILES string of the molecule is O=C(OCc1ccccc1)N1CC[C@H](OCC2CC2)C1. The smallest absolute Gasteiger partial charge is 0.410 e. The predicted octanol–water partition coefficient (Wildman–Crippen LogP) is 2.82. The lowest BCUT2D eigenvalue weighted by molar-refractivity contribution is 0.0478. The Morgan fingerprint density at radius 3 is 2.75 bits per heavy atom. The zero-order valence-corrected chi connectivity index (χ0v) is 11.7. The van der Waals surface area contributed by atoms with Gasteiger partial charge in [0.25, 0.3) is 0 Å². The van der Waals surface area contributed by atoms with E-state index in [1.807, 2.05) is 30.3 Å². The minimum atomic E-state index is -0.230. The van der Waals surface area contributed by atoms with Crippen LogP contribution in [0.25, 0.3) is 0 Å². The van der Waals surface area contributed by atoms with Crippen LogP contribution in [0.3, 0.4) is 0 Å². The van der Waals surface area contributed by atoms with Gasteiger partial charge in [-0.25, -0.2) is 4.79 Å². The van der Waals surface area contributed by atoms with Crippen LogP contribution in [0, 0.1) is 5.92 Å². The van der Waals surface area contributed by atoms with Crippen LogP contribution in [0.4, 0.5) is 4.79 Å². The van der Waals surface area contributed by atoms with E-state index in [1.165, 1.54) is 12.8 Å². The summed E-state index contributed by atoms with van der Waals surface area (Å²) in [6.45, 7) is 2.60. The summed E-state index contributed by atoms with van der Waals surface area (Å²) in [4.78, 5) is 13.7. The average molecular weight is 275 g/mol. The Hall–Kier alpha value is -1.55. The van der Waals surface area contributed by atoms with Gasteiger partial charge in [0, 0.05) is 13.2 Å². The third-order valence-corrected chi connectivity index (χ3v) is 3.87. The molecule has 4 nitrogen and oxygen atoms in total. The topological polar surface area (TPSA) is 38.8 Å². The molecule has 0 spiro atoms. The van der Waals surface area contributed by atoms with Crippen molar-refractivity contribution in [2.45, 2.75) is 32.0 Å². The van der Waals surface area contributed by atoms with Crippen molar-refractivity contribution in [2.24, 2.45) is 5.92 Å². The maximum Gasteiger partial charge on any atom is 0.410 e. The van der Waals surface area contributed by atoms with Crippen molar-refractivity contribution in [3.05, 3.63) is 35.9 Å². The second kappa shape index (κ2) is 6.27. The standard InChI is InChI=1S/C16H21NO3/c18-16(20-12-13-4-2-1-3-5-13)17-9-8-15(10-17)19-11-14-6-7-14/h1-5,14-15H,6-12H2/t15-/m0/s1. The first-order valence-electron chi connectivity index (χ1n) is 7.38. The van der Waals surface area contributed by atoms with Crippen molar-refractivity contribution in [1.82, 2.24) is 4.90 Å². The first-order chi connectivity index (χ1) is 9.81. The Morgan fingerprint density at radius 1 is 1.20 bits per heavy atom. The van der Waals surface area contributed by atoms with E-state index in [0.717, 1.165) is 31.1 Å². The minimum Gasteiger partial charge on any atom is -0.445 e. The summed E-state index contributed by atoms with van der Waals surface area (Å²) in [6.07, 6.45) is 3.49. The van der Waals surface area contributed by atoms with Gasteiger partial charge in [0.05, 0.1) is 12.6 Å². The molecule has 0 N–H and O–H groups in total. The van der Waals surface area contributed by atoms with Crippen LogP contribution in [-0.4, -0.2) is 36.8 Å². The highest BCUT2D eigenvalue weighted by Crippen LogP contribution is 2.30. The van der Waals surface area contributed by atoms with E-state index in [0.29, 0.717) is 13.2 Å². The summed E-state index contributed by atoms with van der Waals surface area (Å²) in [5, 5.41) is 0. The molecule has 0 bridgehead atoms. The van der Waals surface area contributed by atoms with Gasteiger partial charge in [0.2, 0.25) is 0 Å². The Kier molecular flexibility index (Phi) is 4.21. The van der Waals surface area contributed by atoms with Crippen molar-refractivity contribution in [3.8, 4) is 0 Å². The second-order valence-corrected chi connectivity index (χ2v) is 5.67. The van der Waals surface area contributed by atoms with E-state index in [9.17, 15) is 4.79 Å². The average Bonchev–Trinajstić information content (AvgIpc) is 3.20. The number of rotatable bonds is 5. The lowest BCUT2D eigenvalue weighted by Gasteiger charge is -2.16. The van der Waals surface area contributed by atoms with Crippen molar-refractivity contribution in [1.29, 1.82) is 0 Å². The van der Waals surface area contributed by atoms with Gasteiger partial charge in [-0.2, -0.15) is 0 Å². The maximum absolute atomic E-state index is 12.0. The van der Waals surface area contributed by atoms with E-state index in [-0.39, 0.29) is 12.2 Å². The highest BCUT2D eigenvalue weighted by molar-refractivity contribution is 5.68. The lowest BCUT2D eigenvalue weighted by Crippen LogP contribution is -2.30. The largest absolute Gasteiger partial charge is 0.445 e. The van der Waals surface area contributed by atoms with Crippen LogP contribution in [0.1, 0.15) is 24.8 Å². The Morgan fingerprint density at radius 2 is 2.00 bits per heavy atom. The van der Waals surface area contributed by atoms with E-state index >= 15 is 0 Å². The second-order valence-electron chi connectivity index (χ2n) is 5.67. The molecule has 2 fully saturated rings. The van der Waals surface area contributed by atoms with Crippen LogP contribution in [0.5, 0.6) is 0 Å². The molecule has 1 aromatic carbocycles. The number of hydrogen-bond donors (Lipinski definition) is 0. The van der Waals surface area contributed by atoms with Crippen molar-refractivity contribution in [3.63, 3.8) is 0 Å². The quantitative estimate of drug-likeness (QED) is 0.829. The van der Waals surface area contributed by atoms with Gasteiger partial charge in [-0.3, -0.25) is 0 Å². The predicted molar refractivity (Wildman–Crippen MR) is 75.3 cm³/mol. The molecule has 2 aliphatic rings. The van der Waals surface area contributed by atoms with Gasteiger partial charge in [-0.1, -0.05) is 30.3 Å². The molecule has 108 valence electrons. The molecular formula is C16H21NO3.